The van der Waals surface area contributed by atoms with Crippen molar-refractivity contribution in [1.82, 2.24) is 9.71 Å². The lowest BCUT2D eigenvalue weighted by molar-refractivity contribution is 0.0981. The Morgan fingerprint density at radius 1 is 1.19 bits per heavy atom. The second kappa shape index (κ2) is 6.01. The zero-order valence-electron chi connectivity index (χ0n) is 10.8. The third-order valence-corrected chi connectivity index (χ3v) is 4.58. The molecule has 110 valence electrons. The molecule has 0 spiro atoms. The molecule has 1 aromatic heterocycles. The first-order chi connectivity index (χ1) is 9.79. The van der Waals surface area contributed by atoms with Gasteiger partial charge in [0.1, 0.15) is 5.15 Å². The Bertz CT molecular complexity index is 807. The van der Waals surface area contributed by atoms with Crippen LogP contribution in [-0.4, -0.2) is 19.3 Å². The number of carbonyl (C=O) groups excluding carboxylic acids is 1. The highest BCUT2D eigenvalue weighted by Gasteiger charge is 2.21. The van der Waals surface area contributed by atoms with Gasteiger partial charge in [-0.05, 0) is 42.8 Å². The average molecular weight is 345 g/mol. The van der Waals surface area contributed by atoms with Crippen LogP contribution in [0.3, 0.4) is 0 Å². The molecule has 0 aliphatic carbocycles. The van der Waals surface area contributed by atoms with Crippen molar-refractivity contribution in [2.24, 2.45) is 0 Å². The molecule has 0 aliphatic rings. The Labute approximate surface area is 132 Å². The van der Waals surface area contributed by atoms with Crippen LogP contribution in [0.25, 0.3) is 0 Å². The number of rotatable bonds is 3. The van der Waals surface area contributed by atoms with Crippen LogP contribution in [0.5, 0.6) is 0 Å². The molecule has 2 rings (SSSR count). The number of hydrogen-bond donors (Lipinski definition) is 1. The van der Waals surface area contributed by atoms with Crippen LogP contribution in [0.15, 0.2) is 41.4 Å². The first-order valence-corrected chi connectivity index (χ1v) is 7.98. The third kappa shape index (κ3) is 3.72. The molecule has 5 nitrogen and oxygen atoms in total. The molecule has 8 heteroatoms. The molecule has 21 heavy (non-hydrogen) atoms. The van der Waals surface area contributed by atoms with E-state index < -0.39 is 15.9 Å². The molecule has 0 saturated heterocycles. The van der Waals surface area contributed by atoms with Crippen LogP contribution in [-0.2, 0) is 10.0 Å². The van der Waals surface area contributed by atoms with Gasteiger partial charge in [-0.2, -0.15) is 0 Å². The quantitative estimate of drug-likeness (QED) is 0.868. The smallest absolute Gasteiger partial charge is 0.265 e. The van der Waals surface area contributed by atoms with Gasteiger partial charge in [0, 0.05) is 16.8 Å². The second-order valence-electron chi connectivity index (χ2n) is 4.21. The number of benzene rings is 1. The van der Waals surface area contributed by atoms with E-state index in [2.05, 4.69) is 4.98 Å². The number of amides is 1. The molecule has 0 radical (unpaired) electrons. The highest BCUT2D eigenvalue weighted by molar-refractivity contribution is 7.90. The number of halogens is 2. The number of hydrogen-bond acceptors (Lipinski definition) is 4. The minimum atomic E-state index is -3.99. The van der Waals surface area contributed by atoms with E-state index >= 15 is 0 Å². The molecule has 1 N–H and O–H groups in total. The number of aromatic nitrogens is 1. The zero-order valence-corrected chi connectivity index (χ0v) is 13.1. The van der Waals surface area contributed by atoms with Crippen LogP contribution in [0.4, 0.5) is 0 Å². The molecule has 0 bridgehead atoms. The molecule has 1 aromatic carbocycles. The minimum Gasteiger partial charge on any atom is -0.268 e. The van der Waals surface area contributed by atoms with Gasteiger partial charge in [0.2, 0.25) is 0 Å². The topological polar surface area (TPSA) is 76.1 Å². The highest BCUT2D eigenvalue weighted by atomic mass is 35.5. The summed E-state index contributed by atoms with van der Waals surface area (Å²) in [7, 11) is -3.99. The van der Waals surface area contributed by atoms with Crippen LogP contribution >= 0.6 is 23.2 Å². The van der Waals surface area contributed by atoms with Crippen molar-refractivity contribution in [2.45, 2.75) is 11.8 Å². The average Bonchev–Trinajstić information content (AvgIpc) is 2.37. The van der Waals surface area contributed by atoms with Gasteiger partial charge >= 0.3 is 0 Å². The first kappa shape index (κ1) is 15.8. The maximum atomic E-state index is 12.2. The fourth-order valence-corrected chi connectivity index (χ4v) is 3.30. The molecule has 0 fully saturated rings. The minimum absolute atomic E-state index is 0.0135. The monoisotopic (exact) mass is 344 g/mol. The van der Waals surface area contributed by atoms with Crippen molar-refractivity contribution in [3.63, 3.8) is 0 Å². The Morgan fingerprint density at radius 2 is 1.90 bits per heavy atom. The van der Waals surface area contributed by atoms with Crippen molar-refractivity contribution in [2.75, 3.05) is 0 Å². The summed E-state index contributed by atoms with van der Waals surface area (Å²) in [4.78, 5) is 15.7. The summed E-state index contributed by atoms with van der Waals surface area (Å²) in [6.07, 6.45) is 1.32. The number of aryl methyl sites for hydroxylation is 1. The fraction of sp³-hybridized carbons (Fsp3) is 0.0769. The van der Waals surface area contributed by atoms with Crippen molar-refractivity contribution < 1.29 is 13.2 Å². The second-order valence-corrected chi connectivity index (χ2v) is 6.69. The van der Waals surface area contributed by atoms with E-state index in [1.807, 2.05) is 4.72 Å². The lowest BCUT2D eigenvalue weighted by Crippen LogP contribution is -2.31. The van der Waals surface area contributed by atoms with Crippen LogP contribution in [0.1, 0.15) is 15.9 Å². The predicted octanol–water partition coefficient (Wildman–Crippen LogP) is 2.82. The Kier molecular flexibility index (Phi) is 4.51. The van der Waals surface area contributed by atoms with Gasteiger partial charge in [-0.1, -0.05) is 23.2 Å². The van der Waals surface area contributed by atoms with Crippen LogP contribution < -0.4 is 4.72 Å². The van der Waals surface area contributed by atoms with E-state index in [9.17, 15) is 13.2 Å². The van der Waals surface area contributed by atoms with Gasteiger partial charge in [0.05, 0.1) is 4.90 Å². The molecule has 1 amide bonds. The van der Waals surface area contributed by atoms with Crippen molar-refractivity contribution in [1.29, 1.82) is 0 Å². The Morgan fingerprint density at radius 3 is 2.52 bits per heavy atom. The van der Waals surface area contributed by atoms with E-state index in [4.69, 9.17) is 23.2 Å². The number of sulfonamides is 1. The SMILES string of the molecule is Cc1cc(Cl)ccc1S(=O)(=O)NC(=O)c1ccnc(Cl)c1. The molecular weight excluding hydrogens is 335 g/mol. The zero-order chi connectivity index (χ0) is 15.6. The summed E-state index contributed by atoms with van der Waals surface area (Å²) in [6.45, 7) is 1.59. The van der Waals surface area contributed by atoms with Gasteiger partial charge in [-0.3, -0.25) is 4.79 Å². The summed E-state index contributed by atoms with van der Waals surface area (Å²) in [6, 6.07) is 6.93. The molecular formula is C13H10Cl2N2O3S. The number of pyridine rings is 1. The van der Waals surface area contributed by atoms with Gasteiger partial charge < -0.3 is 0 Å². The summed E-state index contributed by atoms with van der Waals surface area (Å²) in [5.74, 6) is -0.784. The standard InChI is InChI=1S/C13H10Cl2N2O3S/c1-8-6-10(14)2-3-11(8)21(19,20)17-13(18)9-4-5-16-12(15)7-9/h2-7H,1H3,(H,17,18). The summed E-state index contributed by atoms with van der Waals surface area (Å²) in [5, 5.41) is 0.515. The molecule has 0 aliphatic heterocycles. The Hall–Kier alpha value is -1.63. The maximum absolute atomic E-state index is 12.2. The van der Waals surface area contributed by atoms with Crippen molar-refractivity contribution in [3.05, 3.63) is 57.8 Å². The lowest BCUT2D eigenvalue weighted by Gasteiger charge is -2.09. The van der Waals surface area contributed by atoms with E-state index in [1.54, 1.807) is 6.92 Å². The molecule has 0 saturated carbocycles. The van der Waals surface area contributed by atoms with Gasteiger partial charge in [-0.25, -0.2) is 18.1 Å². The van der Waals surface area contributed by atoms with Crippen molar-refractivity contribution >= 4 is 39.1 Å². The van der Waals surface area contributed by atoms with Gasteiger partial charge in [0.25, 0.3) is 15.9 Å². The summed E-state index contributed by atoms with van der Waals surface area (Å²) >= 11 is 11.4. The molecule has 0 unspecified atom stereocenters. The lowest BCUT2D eigenvalue weighted by atomic mass is 10.2. The third-order valence-electron chi connectivity index (χ3n) is 2.64. The normalized spacial score (nSPS) is 11.2. The van der Waals surface area contributed by atoms with E-state index in [0.29, 0.717) is 10.6 Å². The van der Waals surface area contributed by atoms with Crippen LogP contribution in [0, 0.1) is 6.92 Å². The molecule has 0 atom stereocenters. The molecule has 2 aromatic rings. The largest absolute Gasteiger partial charge is 0.268 e. The van der Waals surface area contributed by atoms with Crippen molar-refractivity contribution in [3.8, 4) is 0 Å². The Balaban J connectivity index is 2.31. The molecule has 1 heterocycles. The fourth-order valence-electron chi connectivity index (χ4n) is 1.69. The van der Waals surface area contributed by atoms with Crippen LogP contribution in [0.2, 0.25) is 10.2 Å². The maximum Gasteiger partial charge on any atom is 0.265 e. The summed E-state index contributed by atoms with van der Waals surface area (Å²) < 4.78 is 26.4. The van der Waals surface area contributed by atoms with E-state index in [0.717, 1.165) is 0 Å². The highest BCUT2D eigenvalue weighted by Crippen LogP contribution is 2.19. The van der Waals surface area contributed by atoms with Gasteiger partial charge in [0.15, 0.2) is 0 Å². The predicted molar refractivity (Wildman–Crippen MR) is 80.1 cm³/mol. The number of nitrogens with one attached hydrogen (secondary N) is 1. The number of carbonyl (C=O) groups is 1. The number of nitrogens with zero attached hydrogens (tertiary/aromatic N) is 1. The van der Waals surface area contributed by atoms with E-state index in [-0.39, 0.29) is 15.6 Å². The summed E-state index contributed by atoms with van der Waals surface area (Å²) in [5.41, 5.74) is 0.542. The first-order valence-electron chi connectivity index (χ1n) is 5.74. The van der Waals surface area contributed by atoms with Gasteiger partial charge in [-0.15, -0.1) is 0 Å². The van der Waals surface area contributed by atoms with E-state index in [1.165, 1.54) is 36.5 Å².